The lowest BCUT2D eigenvalue weighted by molar-refractivity contribution is 1.20. The van der Waals surface area contributed by atoms with Crippen LogP contribution in [0.3, 0.4) is 0 Å². The SMILES string of the molecule is c1cc(-n2c3ccccc3c3ccccc32)c2c(c1)c1cccc3sc4cccc2c4c31. The third kappa shape index (κ3) is 1.94. The van der Waals surface area contributed by atoms with Gasteiger partial charge in [0.05, 0.1) is 16.7 Å². The zero-order valence-corrected chi connectivity index (χ0v) is 18.0. The van der Waals surface area contributed by atoms with Gasteiger partial charge in [-0.15, -0.1) is 11.3 Å². The maximum absolute atomic E-state index is 2.46. The molecule has 0 saturated carbocycles. The maximum atomic E-state index is 2.46. The van der Waals surface area contributed by atoms with Crippen LogP contribution in [0.2, 0.25) is 0 Å². The summed E-state index contributed by atoms with van der Waals surface area (Å²) >= 11 is 1.90. The van der Waals surface area contributed by atoms with E-state index in [1.807, 2.05) is 11.3 Å². The Morgan fingerprint density at radius 1 is 0.406 bits per heavy atom. The Balaban J connectivity index is 1.69. The molecule has 8 rings (SSSR count). The summed E-state index contributed by atoms with van der Waals surface area (Å²) in [6.07, 6.45) is 0. The van der Waals surface area contributed by atoms with E-state index >= 15 is 0 Å². The van der Waals surface area contributed by atoms with Crippen LogP contribution < -0.4 is 0 Å². The molecule has 32 heavy (non-hydrogen) atoms. The van der Waals surface area contributed by atoms with Crippen molar-refractivity contribution in [1.82, 2.24) is 4.57 Å². The van der Waals surface area contributed by atoms with Crippen LogP contribution in [0.25, 0.3) is 69.2 Å². The second-order valence-electron chi connectivity index (χ2n) is 8.53. The van der Waals surface area contributed by atoms with E-state index < -0.39 is 0 Å². The van der Waals surface area contributed by atoms with Crippen molar-refractivity contribution in [3.05, 3.63) is 103 Å². The summed E-state index contributed by atoms with van der Waals surface area (Å²) in [6.45, 7) is 0. The van der Waals surface area contributed by atoms with Gasteiger partial charge in [-0.1, -0.05) is 72.8 Å². The zero-order valence-electron chi connectivity index (χ0n) is 17.2. The number of nitrogens with zero attached hydrogens (tertiary/aromatic N) is 1. The van der Waals surface area contributed by atoms with Crippen molar-refractivity contribution in [3.63, 3.8) is 0 Å². The fourth-order valence-corrected chi connectivity index (χ4v) is 6.87. The van der Waals surface area contributed by atoms with Crippen molar-refractivity contribution < 1.29 is 0 Å². The van der Waals surface area contributed by atoms with Gasteiger partial charge in [0.1, 0.15) is 0 Å². The maximum Gasteiger partial charge on any atom is 0.0547 e. The Labute approximate surface area is 188 Å². The fraction of sp³-hybridized carbons (Fsp3) is 0. The largest absolute Gasteiger partial charge is 0.309 e. The van der Waals surface area contributed by atoms with Gasteiger partial charge in [0, 0.05) is 36.3 Å². The van der Waals surface area contributed by atoms with Gasteiger partial charge in [-0.25, -0.2) is 0 Å². The van der Waals surface area contributed by atoms with Gasteiger partial charge >= 0.3 is 0 Å². The number of hydrogen-bond donors (Lipinski definition) is 0. The smallest absolute Gasteiger partial charge is 0.0547 e. The quantitative estimate of drug-likeness (QED) is 0.232. The highest BCUT2D eigenvalue weighted by molar-refractivity contribution is 7.26. The van der Waals surface area contributed by atoms with Crippen LogP contribution in [0.4, 0.5) is 0 Å². The topological polar surface area (TPSA) is 4.93 Å². The molecule has 2 heteroatoms. The van der Waals surface area contributed by atoms with Crippen molar-refractivity contribution in [1.29, 1.82) is 0 Å². The molecule has 2 aromatic heterocycles. The number of fused-ring (bicyclic) bond motifs is 6. The third-order valence-electron chi connectivity index (χ3n) is 6.95. The first-order chi connectivity index (χ1) is 15.9. The minimum Gasteiger partial charge on any atom is -0.309 e. The van der Waals surface area contributed by atoms with E-state index in [0.29, 0.717) is 0 Å². The van der Waals surface area contributed by atoms with E-state index in [2.05, 4.69) is 108 Å². The Bertz CT molecular complexity index is 1930. The second kappa shape index (κ2) is 5.87. The molecule has 0 aliphatic carbocycles. The summed E-state index contributed by atoms with van der Waals surface area (Å²) in [5.74, 6) is 0. The van der Waals surface area contributed by atoms with E-state index in [4.69, 9.17) is 0 Å². The van der Waals surface area contributed by atoms with Crippen molar-refractivity contribution in [2.75, 3.05) is 0 Å². The number of aromatic nitrogens is 1. The molecule has 8 aromatic rings. The van der Waals surface area contributed by atoms with Gasteiger partial charge in [-0.05, 0) is 46.5 Å². The number of hydrogen-bond acceptors (Lipinski definition) is 1. The molecule has 6 aromatic carbocycles. The van der Waals surface area contributed by atoms with Crippen molar-refractivity contribution in [3.8, 4) is 5.69 Å². The molecule has 0 fully saturated rings. The van der Waals surface area contributed by atoms with Gasteiger partial charge in [0.15, 0.2) is 0 Å². The molecule has 0 radical (unpaired) electrons. The Morgan fingerprint density at radius 3 is 1.59 bits per heavy atom. The number of thiophene rings is 1. The van der Waals surface area contributed by atoms with Crippen molar-refractivity contribution in [2.24, 2.45) is 0 Å². The molecule has 0 unspecified atom stereocenters. The lowest BCUT2D eigenvalue weighted by Crippen LogP contribution is -1.96. The Hall–Kier alpha value is -3.88. The highest BCUT2D eigenvalue weighted by atomic mass is 32.1. The van der Waals surface area contributed by atoms with Crippen LogP contribution in [-0.2, 0) is 0 Å². The van der Waals surface area contributed by atoms with Gasteiger partial charge in [-0.2, -0.15) is 0 Å². The molecular formula is C30H17NS. The summed E-state index contributed by atoms with van der Waals surface area (Å²) in [7, 11) is 0. The molecular weight excluding hydrogens is 406 g/mol. The van der Waals surface area contributed by atoms with E-state index in [0.717, 1.165) is 0 Å². The molecule has 0 amide bonds. The third-order valence-corrected chi connectivity index (χ3v) is 8.07. The normalized spacial score (nSPS) is 12.4. The van der Waals surface area contributed by atoms with Crippen LogP contribution in [0.5, 0.6) is 0 Å². The molecule has 0 saturated heterocycles. The monoisotopic (exact) mass is 423 g/mol. The second-order valence-corrected chi connectivity index (χ2v) is 9.61. The molecule has 0 N–H and O–H groups in total. The number of benzene rings is 6. The van der Waals surface area contributed by atoms with Crippen LogP contribution in [0, 0.1) is 0 Å². The molecule has 0 aliphatic heterocycles. The lowest BCUT2D eigenvalue weighted by atomic mass is 9.93. The van der Waals surface area contributed by atoms with Crippen LogP contribution in [0.15, 0.2) is 103 Å². The van der Waals surface area contributed by atoms with E-state index in [1.54, 1.807) is 0 Å². The first kappa shape index (κ1) is 16.8. The number of rotatable bonds is 1. The summed E-state index contributed by atoms with van der Waals surface area (Å²) in [4.78, 5) is 0. The highest BCUT2D eigenvalue weighted by Gasteiger charge is 2.19. The predicted octanol–water partition coefficient (Wildman–Crippen LogP) is 8.90. The fourth-order valence-electron chi connectivity index (χ4n) is 5.72. The Morgan fingerprint density at radius 2 is 0.906 bits per heavy atom. The molecule has 2 heterocycles. The van der Waals surface area contributed by atoms with E-state index in [9.17, 15) is 0 Å². The molecule has 148 valence electrons. The molecule has 1 nitrogen and oxygen atoms in total. The lowest BCUT2D eigenvalue weighted by Gasteiger charge is -2.15. The molecule has 0 atom stereocenters. The van der Waals surface area contributed by atoms with Gasteiger partial charge in [0.25, 0.3) is 0 Å². The summed E-state index contributed by atoms with van der Waals surface area (Å²) in [6, 6.07) is 37.9. The first-order valence-electron chi connectivity index (χ1n) is 11.0. The average Bonchev–Trinajstić information content (AvgIpc) is 3.39. The zero-order chi connectivity index (χ0) is 20.8. The van der Waals surface area contributed by atoms with Gasteiger partial charge in [0.2, 0.25) is 0 Å². The minimum absolute atomic E-state index is 1.25. The van der Waals surface area contributed by atoms with Crippen molar-refractivity contribution in [2.45, 2.75) is 0 Å². The highest BCUT2D eigenvalue weighted by Crippen LogP contribution is 2.47. The summed E-state index contributed by atoms with van der Waals surface area (Å²) in [5.41, 5.74) is 3.76. The van der Waals surface area contributed by atoms with Crippen LogP contribution in [0.1, 0.15) is 0 Å². The van der Waals surface area contributed by atoms with Gasteiger partial charge in [-0.3, -0.25) is 0 Å². The van der Waals surface area contributed by atoms with Crippen molar-refractivity contribution >= 4 is 74.9 Å². The van der Waals surface area contributed by atoms with Crippen LogP contribution in [-0.4, -0.2) is 4.57 Å². The van der Waals surface area contributed by atoms with Gasteiger partial charge < -0.3 is 4.57 Å². The van der Waals surface area contributed by atoms with Crippen LogP contribution >= 0.6 is 11.3 Å². The summed E-state index contributed by atoms with van der Waals surface area (Å²) in [5, 5.41) is 10.8. The summed E-state index contributed by atoms with van der Waals surface area (Å²) < 4.78 is 5.20. The molecule has 0 spiro atoms. The standard InChI is InChI=1S/C30H17NS/c1-3-13-23-18(8-1)19-9-2-4-14-24(19)31(23)25-15-5-10-20-21-11-6-16-26-29(21)30-22(28(20)25)12-7-17-27(30)32-26/h1-17H. The van der Waals surface area contributed by atoms with E-state index in [1.165, 1.54) is 69.2 Å². The minimum atomic E-state index is 1.25. The molecule has 0 aliphatic rings. The first-order valence-corrected chi connectivity index (χ1v) is 11.8. The average molecular weight is 424 g/mol. The molecule has 0 bridgehead atoms. The number of para-hydroxylation sites is 2. The predicted molar refractivity (Wildman–Crippen MR) is 140 cm³/mol. The Kier molecular flexibility index (Phi) is 3.08. The van der Waals surface area contributed by atoms with E-state index in [-0.39, 0.29) is 0 Å².